The van der Waals surface area contributed by atoms with Crippen molar-refractivity contribution in [1.29, 1.82) is 5.26 Å². The molecule has 1 N–H and O–H groups in total. The first-order valence-electron chi connectivity index (χ1n) is 8.57. The van der Waals surface area contributed by atoms with Gasteiger partial charge in [-0.05, 0) is 29.8 Å². The van der Waals surface area contributed by atoms with Gasteiger partial charge < -0.3 is 4.74 Å². The van der Waals surface area contributed by atoms with E-state index in [1.807, 2.05) is 6.07 Å². The molecule has 0 unspecified atom stereocenters. The molecule has 1 aliphatic heterocycles. The summed E-state index contributed by atoms with van der Waals surface area (Å²) in [6.07, 6.45) is 1.43. The molecule has 0 saturated carbocycles. The Balaban J connectivity index is 1.81. The molecule has 3 rings (SSSR count). The molecule has 0 aromatic heterocycles. The second-order valence-corrected chi connectivity index (χ2v) is 7.99. The molecule has 10 nitrogen and oxygen atoms in total. The van der Waals surface area contributed by atoms with E-state index in [-0.39, 0.29) is 36.9 Å². The molecule has 0 spiro atoms. The smallest absolute Gasteiger partial charge is 0.295 e. The number of benzene rings is 2. The molecule has 2 aromatic carbocycles. The van der Waals surface area contributed by atoms with Gasteiger partial charge >= 0.3 is 0 Å². The summed E-state index contributed by atoms with van der Waals surface area (Å²) < 4.78 is 31.8. The lowest BCUT2D eigenvalue weighted by molar-refractivity contribution is -0.384. The Morgan fingerprint density at radius 1 is 1.21 bits per heavy atom. The third-order valence-electron chi connectivity index (χ3n) is 4.21. The zero-order valence-corrected chi connectivity index (χ0v) is 16.0. The molecule has 1 fully saturated rings. The number of rotatable bonds is 6. The van der Waals surface area contributed by atoms with Gasteiger partial charge in [0.2, 0.25) is 10.0 Å². The number of sulfonamides is 1. The first-order chi connectivity index (χ1) is 13.9. The first-order valence-corrected chi connectivity index (χ1v) is 10.0. The van der Waals surface area contributed by atoms with Crippen LogP contribution in [-0.4, -0.2) is 50.2 Å². The number of hydrogen-bond donors (Lipinski definition) is 1. The summed E-state index contributed by atoms with van der Waals surface area (Å²) in [6.45, 7) is 0.964. The molecule has 1 aliphatic rings. The van der Waals surface area contributed by atoms with Crippen LogP contribution in [0.1, 0.15) is 11.1 Å². The molecular formula is C18H17N5O5S. The summed E-state index contributed by atoms with van der Waals surface area (Å²) in [7, 11) is -3.85. The number of morpholine rings is 1. The molecule has 0 aliphatic carbocycles. The highest BCUT2D eigenvalue weighted by atomic mass is 32.2. The van der Waals surface area contributed by atoms with Crippen molar-refractivity contribution in [3.63, 3.8) is 0 Å². The predicted octanol–water partition coefficient (Wildman–Crippen LogP) is 1.93. The Labute approximate surface area is 167 Å². The zero-order chi connectivity index (χ0) is 20.9. The predicted molar refractivity (Wildman–Crippen MR) is 105 cm³/mol. The Morgan fingerprint density at radius 2 is 1.90 bits per heavy atom. The highest BCUT2D eigenvalue weighted by molar-refractivity contribution is 7.89. The summed E-state index contributed by atoms with van der Waals surface area (Å²) in [4.78, 5) is 10.6. The van der Waals surface area contributed by atoms with Crippen LogP contribution in [0.4, 0.5) is 11.4 Å². The van der Waals surface area contributed by atoms with Crippen LogP contribution in [0, 0.1) is 21.4 Å². The van der Waals surface area contributed by atoms with E-state index in [1.54, 1.807) is 24.3 Å². The molecular weight excluding hydrogens is 398 g/mol. The minimum Gasteiger partial charge on any atom is -0.379 e. The minimum atomic E-state index is -3.85. The van der Waals surface area contributed by atoms with Gasteiger partial charge in [0.05, 0.1) is 40.9 Å². The van der Waals surface area contributed by atoms with Gasteiger partial charge in [-0.25, -0.2) is 8.42 Å². The lowest BCUT2D eigenvalue weighted by atomic mass is 10.2. The van der Waals surface area contributed by atoms with Gasteiger partial charge in [0.1, 0.15) is 5.69 Å². The molecule has 0 amide bonds. The van der Waals surface area contributed by atoms with Crippen LogP contribution in [0.3, 0.4) is 0 Å². The summed E-state index contributed by atoms with van der Waals surface area (Å²) in [5.41, 5.74) is 3.40. The van der Waals surface area contributed by atoms with Crippen molar-refractivity contribution in [1.82, 2.24) is 4.31 Å². The van der Waals surface area contributed by atoms with Crippen molar-refractivity contribution >= 4 is 27.6 Å². The fourth-order valence-electron chi connectivity index (χ4n) is 2.67. The standard InChI is InChI=1S/C18H17N5O5S/c19-12-14-1-3-15(4-2-14)13-20-21-17-6-5-16(11-18(17)23(24)25)29(26,27)22-7-9-28-10-8-22/h1-6,11,13,21H,7-10H2/b20-13+. The normalized spacial score (nSPS) is 15.1. The molecule has 0 bridgehead atoms. The van der Waals surface area contributed by atoms with Gasteiger partial charge in [-0.3, -0.25) is 15.5 Å². The van der Waals surface area contributed by atoms with Gasteiger partial charge in [0, 0.05) is 19.2 Å². The number of nitro benzene ring substituents is 1. The van der Waals surface area contributed by atoms with Gasteiger partial charge in [-0.2, -0.15) is 14.7 Å². The molecule has 11 heteroatoms. The molecule has 29 heavy (non-hydrogen) atoms. The highest BCUT2D eigenvalue weighted by Crippen LogP contribution is 2.29. The molecule has 1 saturated heterocycles. The molecule has 1 heterocycles. The van der Waals surface area contributed by atoms with Crippen molar-refractivity contribution in [3.05, 3.63) is 63.7 Å². The van der Waals surface area contributed by atoms with Crippen molar-refractivity contribution < 1.29 is 18.1 Å². The number of hydrogen-bond acceptors (Lipinski definition) is 8. The topological polar surface area (TPSA) is 138 Å². The summed E-state index contributed by atoms with van der Waals surface area (Å²) in [6, 6.07) is 12.2. The number of hydrazone groups is 1. The zero-order valence-electron chi connectivity index (χ0n) is 15.2. The Bertz CT molecular complexity index is 1070. The lowest BCUT2D eigenvalue weighted by Gasteiger charge is -2.26. The molecule has 2 aromatic rings. The van der Waals surface area contributed by atoms with Gasteiger partial charge in [-0.1, -0.05) is 12.1 Å². The van der Waals surface area contributed by atoms with Crippen LogP contribution in [0.2, 0.25) is 0 Å². The maximum atomic E-state index is 12.7. The minimum absolute atomic E-state index is 0.0563. The van der Waals surface area contributed by atoms with E-state index in [9.17, 15) is 18.5 Å². The van der Waals surface area contributed by atoms with Crippen LogP contribution in [0.15, 0.2) is 52.5 Å². The summed E-state index contributed by atoms with van der Waals surface area (Å²) in [5.74, 6) is 0. The van der Waals surface area contributed by atoms with Crippen molar-refractivity contribution in [3.8, 4) is 6.07 Å². The maximum absolute atomic E-state index is 12.7. The number of nitro groups is 1. The van der Waals surface area contributed by atoms with E-state index in [0.29, 0.717) is 11.1 Å². The fraction of sp³-hybridized carbons (Fsp3) is 0.222. The van der Waals surface area contributed by atoms with Crippen LogP contribution < -0.4 is 5.43 Å². The molecule has 150 valence electrons. The van der Waals surface area contributed by atoms with Gasteiger partial charge in [0.25, 0.3) is 5.69 Å². The van der Waals surface area contributed by atoms with Crippen LogP contribution in [0.5, 0.6) is 0 Å². The average Bonchev–Trinajstić information content (AvgIpc) is 2.74. The summed E-state index contributed by atoms with van der Waals surface area (Å²) >= 11 is 0. The Hall–Kier alpha value is -3.33. The molecule has 0 atom stereocenters. The van der Waals surface area contributed by atoms with Crippen LogP contribution in [0.25, 0.3) is 0 Å². The second-order valence-electron chi connectivity index (χ2n) is 6.06. The lowest BCUT2D eigenvalue weighted by Crippen LogP contribution is -2.40. The number of nitrogens with zero attached hydrogens (tertiary/aromatic N) is 4. The largest absolute Gasteiger partial charge is 0.379 e. The highest BCUT2D eigenvalue weighted by Gasteiger charge is 2.28. The SMILES string of the molecule is N#Cc1ccc(/C=N/Nc2ccc(S(=O)(=O)N3CCOCC3)cc2[N+](=O)[O-])cc1. The van der Waals surface area contributed by atoms with Crippen molar-refractivity contribution in [2.45, 2.75) is 4.90 Å². The Morgan fingerprint density at radius 3 is 2.52 bits per heavy atom. The Kier molecular flexibility index (Phi) is 6.18. The quantitative estimate of drug-likeness (QED) is 0.432. The molecule has 0 radical (unpaired) electrons. The maximum Gasteiger partial charge on any atom is 0.295 e. The fourth-order valence-corrected chi connectivity index (χ4v) is 4.10. The number of ether oxygens (including phenoxy) is 1. The average molecular weight is 415 g/mol. The monoisotopic (exact) mass is 415 g/mol. The summed E-state index contributed by atoms with van der Waals surface area (Å²) in [5, 5.41) is 24.2. The van der Waals surface area contributed by atoms with Crippen molar-refractivity contribution in [2.75, 3.05) is 31.7 Å². The van der Waals surface area contributed by atoms with E-state index in [1.165, 1.54) is 22.7 Å². The third kappa shape index (κ3) is 4.75. The van der Waals surface area contributed by atoms with Crippen molar-refractivity contribution in [2.24, 2.45) is 5.10 Å². The first kappa shape index (κ1) is 20.4. The van der Waals surface area contributed by atoms with Crippen LogP contribution in [-0.2, 0) is 14.8 Å². The van der Waals surface area contributed by atoms with E-state index in [2.05, 4.69) is 10.5 Å². The third-order valence-corrected chi connectivity index (χ3v) is 6.11. The van der Waals surface area contributed by atoms with E-state index in [4.69, 9.17) is 10.00 Å². The number of nitriles is 1. The second kappa shape index (κ2) is 8.78. The van der Waals surface area contributed by atoms with E-state index < -0.39 is 20.6 Å². The van der Waals surface area contributed by atoms with Gasteiger partial charge in [-0.15, -0.1) is 0 Å². The number of nitrogens with one attached hydrogen (secondary N) is 1. The van der Waals surface area contributed by atoms with Gasteiger partial charge in [0.15, 0.2) is 0 Å². The van der Waals surface area contributed by atoms with Crippen LogP contribution >= 0.6 is 0 Å². The van der Waals surface area contributed by atoms with E-state index in [0.717, 1.165) is 6.07 Å². The number of anilines is 1. The van der Waals surface area contributed by atoms with E-state index >= 15 is 0 Å².